The van der Waals surface area contributed by atoms with Crippen molar-refractivity contribution in [2.75, 3.05) is 0 Å². The Bertz CT molecular complexity index is 749. The lowest BCUT2D eigenvalue weighted by atomic mass is 10.1. The van der Waals surface area contributed by atoms with Crippen LogP contribution in [0.15, 0.2) is 28.4 Å². The van der Waals surface area contributed by atoms with E-state index in [0.717, 1.165) is 17.8 Å². The number of aryl methyl sites for hydroxylation is 1. The first-order valence-electron chi connectivity index (χ1n) is 6.81. The minimum absolute atomic E-state index is 0.155. The third kappa shape index (κ3) is 5.78. The Kier molecular flexibility index (Phi) is 5.67. The molecule has 11 heteroatoms. The summed E-state index contributed by atoms with van der Waals surface area (Å²) in [6.07, 6.45) is -3.80. The fourth-order valence-electron chi connectivity index (χ4n) is 1.88. The molecule has 1 heterocycles. The number of nitrogens with zero attached hydrogens (tertiary/aromatic N) is 2. The SMILES string of the molecule is Cc1cc(OC(F)(F)F)ccc1C=NN=C1NC(=O)C(CC(=O)O)S1. The van der Waals surface area contributed by atoms with Gasteiger partial charge in [0.2, 0.25) is 5.91 Å². The number of alkyl halides is 3. The molecule has 0 bridgehead atoms. The number of nitrogens with one attached hydrogen (secondary N) is 1. The van der Waals surface area contributed by atoms with Gasteiger partial charge in [0.05, 0.1) is 12.6 Å². The normalized spacial score (nSPS) is 19.4. The van der Waals surface area contributed by atoms with E-state index >= 15 is 0 Å². The first kappa shape index (κ1) is 18.8. The molecule has 1 aromatic carbocycles. The molecule has 0 aliphatic carbocycles. The summed E-state index contributed by atoms with van der Waals surface area (Å²) in [4.78, 5) is 22.1. The predicted molar refractivity (Wildman–Crippen MR) is 84.7 cm³/mol. The second kappa shape index (κ2) is 7.55. The number of carbonyl (C=O) groups is 2. The van der Waals surface area contributed by atoms with Crippen molar-refractivity contribution < 1.29 is 32.6 Å². The maximum Gasteiger partial charge on any atom is 0.573 e. The molecule has 0 radical (unpaired) electrons. The number of ether oxygens (including phenoxy) is 1. The highest BCUT2D eigenvalue weighted by atomic mass is 32.2. The number of hydrogen-bond acceptors (Lipinski definition) is 6. The van der Waals surface area contributed by atoms with E-state index in [1.165, 1.54) is 18.3 Å². The van der Waals surface area contributed by atoms with Gasteiger partial charge in [-0.25, -0.2) is 0 Å². The number of halogens is 3. The standard InChI is InChI=1S/C14H12F3N3O4S/c1-7-4-9(24-14(15,16)17)3-2-8(7)6-18-20-13-19-12(23)10(25-13)5-11(21)22/h2-4,6,10H,5H2,1H3,(H,21,22)(H,19,20,23). The zero-order chi connectivity index (χ0) is 18.6. The number of carboxylic acids is 1. The molecular weight excluding hydrogens is 363 g/mol. The minimum atomic E-state index is -4.77. The highest BCUT2D eigenvalue weighted by Gasteiger charge is 2.32. The summed E-state index contributed by atoms with van der Waals surface area (Å²) >= 11 is 0.945. The van der Waals surface area contributed by atoms with Crippen LogP contribution in [0.4, 0.5) is 13.2 Å². The monoisotopic (exact) mass is 375 g/mol. The average Bonchev–Trinajstić information content (AvgIpc) is 2.79. The van der Waals surface area contributed by atoms with Crippen molar-refractivity contribution in [3.8, 4) is 5.75 Å². The highest BCUT2D eigenvalue weighted by molar-refractivity contribution is 8.15. The molecule has 1 saturated heterocycles. The van der Waals surface area contributed by atoms with Crippen molar-refractivity contribution in [3.05, 3.63) is 29.3 Å². The van der Waals surface area contributed by atoms with Gasteiger partial charge in [0.25, 0.3) is 0 Å². The fraction of sp³-hybridized carbons (Fsp3) is 0.286. The van der Waals surface area contributed by atoms with Gasteiger partial charge >= 0.3 is 12.3 Å². The topological polar surface area (TPSA) is 100 Å². The number of carboxylic acid groups (broad SMARTS) is 1. The van der Waals surface area contributed by atoms with Crippen molar-refractivity contribution in [2.24, 2.45) is 10.2 Å². The van der Waals surface area contributed by atoms with Crippen LogP contribution in [0.2, 0.25) is 0 Å². The molecule has 1 atom stereocenters. The Morgan fingerprint density at radius 2 is 2.20 bits per heavy atom. The average molecular weight is 375 g/mol. The van der Waals surface area contributed by atoms with Crippen LogP contribution in [0, 0.1) is 6.92 Å². The number of rotatable bonds is 5. The minimum Gasteiger partial charge on any atom is -0.481 e. The summed E-state index contributed by atoms with van der Waals surface area (Å²) in [5.41, 5.74) is 0.993. The Balaban J connectivity index is 2.02. The molecule has 1 aliphatic rings. The second-order valence-corrected chi connectivity index (χ2v) is 6.10. The molecule has 25 heavy (non-hydrogen) atoms. The molecule has 134 valence electrons. The molecule has 1 aromatic rings. The molecule has 0 spiro atoms. The van der Waals surface area contributed by atoms with E-state index in [1.807, 2.05) is 0 Å². The summed E-state index contributed by atoms with van der Waals surface area (Å²) in [5, 5.41) is 18.0. The smallest absolute Gasteiger partial charge is 0.481 e. The van der Waals surface area contributed by atoms with Crippen molar-refractivity contribution in [2.45, 2.75) is 25.0 Å². The number of benzene rings is 1. The molecule has 1 fully saturated rings. The molecule has 1 amide bonds. The molecule has 0 saturated carbocycles. The number of aliphatic carboxylic acids is 1. The zero-order valence-electron chi connectivity index (χ0n) is 12.7. The van der Waals surface area contributed by atoms with Crippen LogP contribution in [-0.2, 0) is 9.59 Å². The van der Waals surface area contributed by atoms with Crippen LogP contribution in [0.5, 0.6) is 5.75 Å². The van der Waals surface area contributed by atoms with E-state index in [1.54, 1.807) is 6.92 Å². The van der Waals surface area contributed by atoms with Crippen LogP contribution in [0.25, 0.3) is 0 Å². The van der Waals surface area contributed by atoms with Gasteiger partial charge in [-0.05, 0) is 36.2 Å². The van der Waals surface area contributed by atoms with Gasteiger partial charge in [0.1, 0.15) is 11.0 Å². The van der Waals surface area contributed by atoms with Crippen molar-refractivity contribution in [1.82, 2.24) is 5.32 Å². The molecule has 0 aromatic heterocycles. The second-order valence-electron chi connectivity index (χ2n) is 4.91. The van der Waals surface area contributed by atoms with Crippen LogP contribution in [0.1, 0.15) is 17.5 Å². The maximum atomic E-state index is 12.2. The van der Waals surface area contributed by atoms with E-state index < -0.39 is 23.5 Å². The molecule has 2 rings (SSSR count). The van der Waals surface area contributed by atoms with Gasteiger partial charge in [0.15, 0.2) is 5.17 Å². The van der Waals surface area contributed by atoms with Gasteiger partial charge in [-0.2, -0.15) is 5.10 Å². The lowest BCUT2D eigenvalue weighted by Gasteiger charge is -2.09. The van der Waals surface area contributed by atoms with Crippen molar-refractivity contribution >= 4 is 35.0 Å². The molecule has 1 unspecified atom stereocenters. The van der Waals surface area contributed by atoms with Crippen LogP contribution < -0.4 is 10.1 Å². The number of hydrogen-bond donors (Lipinski definition) is 2. The Hall–Kier alpha value is -2.56. The van der Waals surface area contributed by atoms with Gasteiger partial charge < -0.3 is 15.2 Å². The zero-order valence-corrected chi connectivity index (χ0v) is 13.5. The van der Waals surface area contributed by atoms with Crippen LogP contribution in [-0.4, -0.2) is 40.0 Å². The van der Waals surface area contributed by atoms with E-state index in [0.29, 0.717) is 11.1 Å². The third-order valence-electron chi connectivity index (χ3n) is 2.96. The lowest BCUT2D eigenvalue weighted by Crippen LogP contribution is -2.26. The first-order valence-corrected chi connectivity index (χ1v) is 7.69. The van der Waals surface area contributed by atoms with Gasteiger partial charge in [-0.1, -0.05) is 11.8 Å². The largest absolute Gasteiger partial charge is 0.573 e. The molecular formula is C14H12F3N3O4S. The summed E-state index contributed by atoms with van der Waals surface area (Å²) in [5.74, 6) is -1.91. The van der Waals surface area contributed by atoms with Crippen molar-refractivity contribution in [3.63, 3.8) is 0 Å². The Morgan fingerprint density at radius 1 is 1.48 bits per heavy atom. The number of carbonyl (C=O) groups excluding carboxylic acids is 1. The van der Waals surface area contributed by atoms with Gasteiger partial charge in [0, 0.05) is 0 Å². The van der Waals surface area contributed by atoms with Crippen LogP contribution in [0.3, 0.4) is 0 Å². The summed E-state index contributed by atoms with van der Waals surface area (Å²) in [6.45, 7) is 1.58. The quantitative estimate of drug-likeness (QED) is 0.608. The maximum absolute atomic E-state index is 12.2. The number of amidine groups is 1. The summed E-state index contributed by atoms with van der Waals surface area (Å²) in [6, 6.07) is 3.73. The molecule has 2 N–H and O–H groups in total. The first-order chi connectivity index (χ1) is 11.6. The molecule has 7 nitrogen and oxygen atoms in total. The van der Waals surface area contributed by atoms with Crippen LogP contribution >= 0.6 is 11.8 Å². The van der Waals surface area contributed by atoms with E-state index in [-0.39, 0.29) is 17.3 Å². The molecule has 1 aliphatic heterocycles. The lowest BCUT2D eigenvalue weighted by molar-refractivity contribution is -0.274. The predicted octanol–water partition coefficient (Wildman–Crippen LogP) is 2.29. The Labute approximate surface area is 144 Å². The van der Waals surface area contributed by atoms with E-state index in [4.69, 9.17) is 5.11 Å². The summed E-state index contributed by atoms with van der Waals surface area (Å²) < 4.78 is 40.3. The van der Waals surface area contributed by atoms with Gasteiger partial charge in [-0.15, -0.1) is 18.3 Å². The van der Waals surface area contributed by atoms with Gasteiger partial charge in [-0.3, -0.25) is 9.59 Å². The fourth-order valence-corrected chi connectivity index (χ4v) is 2.79. The number of amides is 1. The highest BCUT2D eigenvalue weighted by Crippen LogP contribution is 2.25. The third-order valence-corrected chi connectivity index (χ3v) is 4.03. The number of thioether (sulfide) groups is 1. The Morgan fingerprint density at radius 3 is 2.80 bits per heavy atom. The van der Waals surface area contributed by atoms with Crippen molar-refractivity contribution in [1.29, 1.82) is 0 Å². The van der Waals surface area contributed by atoms with E-state index in [2.05, 4.69) is 20.3 Å². The summed E-state index contributed by atoms with van der Waals surface area (Å²) in [7, 11) is 0. The van der Waals surface area contributed by atoms with E-state index in [9.17, 15) is 22.8 Å².